The molecule has 156 valence electrons. The first kappa shape index (κ1) is 19.8. The smallest absolute Gasteiger partial charge is 0.256 e. The fourth-order valence-electron chi connectivity index (χ4n) is 3.40. The number of hydrogen-bond acceptors (Lipinski definition) is 6. The van der Waals surface area contributed by atoms with Gasteiger partial charge in [-0.1, -0.05) is 0 Å². The Balaban J connectivity index is 1.83. The maximum atomic E-state index is 10.9. The van der Waals surface area contributed by atoms with Gasteiger partial charge in [-0.05, 0) is 45.4 Å². The number of pyridine rings is 2. The summed E-state index contributed by atoms with van der Waals surface area (Å²) in [6.07, 6.45) is 5.39. The van der Waals surface area contributed by atoms with Crippen molar-refractivity contribution in [2.45, 2.75) is 33.2 Å². The summed E-state index contributed by atoms with van der Waals surface area (Å²) >= 11 is 0. The van der Waals surface area contributed by atoms with Crippen molar-refractivity contribution in [2.24, 2.45) is 0 Å². The molecule has 0 spiro atoms. The SMILES string of the molecule is COc1cc(-c2cc(C)c3c(O)n(-c4ccn(C(C)(C)C)n4)cc3n2)cnc1OC. The minimum atomic E-state index is -0.151. The van der Waals surface area contributed by atoms with E-state index in [4.69, 9.17) is 14.5 Å². The number of aromatic nitrogens is 5. The van der Waals surface area contributed by atoms with Gasteiger partial charge in [0, 0.05) is 30.2 Å². The van der Waals surface area contributed by atoms with Gasteiger partial charge in [-0.25, -0.2) is 9.97 Å². The first-order valence-electron chi connectivity index (χ1n) is 9.59. The van der Waals surface area contributed by atoms with Gasteiger partial charge < -0.3 is 14.6 Å². The van der Waals surface area contributed by atoms with E-state index in [1.165, 1.54) is 0 Å². The third kappa shape index (κ3) is 3.24. The van der Waals surface area contributed by atoms with E-state index in [1.54, 1.807) is 31.2 Å². The molecule has 4 rings (SSSR count). The average molecular weight is 407 g/mol. The first-order chi connectivity index (χ1) is 14.2. The molecule has 0 saturated heterocycles. The molecule has 0 saturated carbocycles. The quantitative estimate of drug-likeness (QED) is 0.549. The van der Waals surface area contributed by atoms with Crippen LogP contribution in [0.5, 0.6) is 17.5 Å². The predicted octanol–water partition coefficient (Wildman–Crippen LogP) is 4.07. The molecule has 0 amide bonds. The molecular formula is C22H25N5O3. The minimum Gasteiger partial charge on any atom is -0.494 e. The van der Waals surface area contributed by atoms with E-state index in [9.17, 15) is 5.11 Å². The number of hydrogen-bond donors (Lipinski definition) is 1. The summed E-state index contributed by atoms with van der Waals surface area (Å²) in [5.41, 5.74) is 2.94. The van der Waals surface area contributed by atoms with Crippen molar-refractivity contribution in [2.75, 3.05) is 14.2 Å². The van der Waals surface area contributed by atoms with Crippen LogP contribution in [-0.4, -0.2) is 43.6 Å². The zero-order valence-electron chi connectivity index (χ0n) is 18.0. The first-order valence-corrected chi connectivity index (χ1v) is 9.59. The largest absolute Gasteiger partial charge is 0.494 e. The van der Waals surface area contributed by atoms with Crippen LogP contribution < -0.4 is 9.47 Å². The summed E-state index contributed by atoms with van der Waals surface area (Å²) in [5, 5.41) is 16.2. The van der Waals surface area contributed by atoms with E-state index in [2.05, 4.69) is 30.9 Å². The van der Waals surface area contributed by atoms with Gasteiger partial charge in [0.15, 0.2) is 11.6 Å². The summed E-state index contributed by atoms with van der Waals surface area (Å²) in [6, 6.07) is 5.63. The topological polar surface area (TPSA) is 87.2 Å². The Hall–Kier alpha value is -3.55. The lowest BCUT2D eigenvalue weighted by Crippen LogP contribution is -2.22. The molecule has 0 fully saturated rings. The molecule has 4 aromatic heterocycles. The fraction of sp³-hybridized carbons (Fsp3) is 0.318. The van der Waals surface area contributed by atoms with E-state index in [-0.39, 0.29) is 11.4 Å². The number of aryl methyl sites for hydroxylation is 1. The summed E-state index contributed by atoms with van der Waals surface area (Å²) < 4.78 is 14.1. The lowest BCUT2D eigenvalue weighted by molar-refractivity contribution is 0.343. The lowest BCUT2D eigenvalue weighted by atomic mass is 10.1. The van der Waals surface area contributed by atoms with Gasteiger partial charge in [-0.2, -0.15) is 5.10 Å². The molecule has 30 heavy (non-hydrogen) atoms. The number of rotatable bonds is 4. The van der Waals surface area contributed by atoms with E-state index in [0.717, 1.165) is 16.8 Å². The van der Waals surface area contributed by atoms with Crippen molar-refractivity contribution >= 4 is 10.9 Å². The number of ether oxygens (including phenoxy) is 2. The van der Waals surface area contributed by atoms with Crippen molar-refractivity contribution in [3.05, 3.63) is 42.4 Å². The van der Waals surface area contributed by atoms with Crippen molar-refractivity contribution in [1.29, 1.82) is 0 Å². The highest BCUT2D eigenvalue weighted by Gasteiger charge is 2.19. The third-order valence-electron chi connectivity index (χ3n) is 4.98. The van der Waals surface area contributed by atoms with Crippen LogP contribution >= 0.6 is 0 Å². The maximum absolute atomic E-state index is 10.9. The maximum Gasteiger partial charge on any atom is 0.256 e. The molecule has 4 aromatic rings. The molecule has 4 heterocycles. The molecule has 0 unspecified atom stereocenters. The van der Waals surface area contributed by atoms with E-state index >= 15 is 0 Å². The zero-order valence-corrected chi connectivity index (χ0v) is 18.0. The van der Waals surface area contributed by atoms with Crippen LogP contribution in [0.1, 0.15) is 26.3 Å². The Bertz CT molecular complexity index is 1230. The van der Waals surface area contributed by atoms with Gasteiger partial charge in [0.2, 0.25) is 5.88 Å². The van der Waals surface area contributed by atoms with Crippen LogP contribution in [0.4, 0.5) is 0 Å². The van der Waals surface area contributed by atoms with Crippen LogP contribution in [0.25, 0.3) is 28.0 Å². The van der Waals surface area contributed by atoms with Crippen LogP contribution in [0.15, 0.2) is 36.8 Å². The second-order valence-electron chi connectivity index (χ2n) is 8.13. The van der Waals surface area contributed by atoms with Gasteiger partial charge in [0.1, 0.15) is 0 Å². The highest BCUT2D eigenvalue weighted by Crippen LogP contribution is 2.35. The Labute approximate surface area is 174 Å². The van der Waals surface area contributed by atoms with Gasteiger partial charge >= 0.3 is 0 Å². The van der Waals surface area contributed by atoms with Crippen LogP contribution in [0.2, 0.25) is 0 Å². The zero-order chi connectivity index (χ0) is 21.6. The molecule has 1 N–H and O–H groups in total. The molecular weight excluding hydrogens is 382 g/mol. The van der Waals surface area contributed by atoms with Crippen LogP contribution in [0, 0.1) is 6.92 Å². The number of methoxy groups -OCH3 is 2. The molecule has 0 bridgehead atoms. The monoisotopic (exact) mass is 407 g/mol. The minimum absolute atomic E-state index is 0.117. The van der Waals surface area contributed by atoms with Crippen LogP contribution in [0.3, 0.4) is 0 Å². The number of aromatic hydroxyl groups is 1. The van der Waals surface area contributed by atoms with Gasteiger partial charge in [0.05, 0.1) is 36.4 Å². The normalized spacial score (nSPS) is 11.8. The summed E-state index contributed by atoms with van der Waals surface area (Å²) in [7, 11) is 3.12. The summed E-state index contributed by atoms with van der Waals surface area (Å²) in [5.74, 6) is 1.69. The van der Waals surface area contributed by atoms with Gasteiger partial charge in [0.25, 0.3) is 5.88 Å². The second kappa shape index (κ2) is 7.05. The molecule has 8 heteroatoms. The summed E-state index contributed by atoms with van der Waals surface area (Å²) in [6.45, 7) is 8.17. The number of nitrogens with zero attached hydrogens (tertiary/aromatic N) is 5. The van der Waals surface area contributed by atoms with Crippen molar-refractivity contribution < 1.29 is 14.6 Å². The molecule has 0 atom stereocenters. The fourth-order valence-corrected chi connectivity index (χ4v) is 3.40. The van der Waals surface area contributed by atoms with Crippen molar-refractivity contribution in [3.8, 4) is 34.6 Å². The Morgan fingerprint density at radius 1 is 1.10 bits per heavy atom. The Morgan fingerprint density at radius 2 is 1.87 bits per heavy atom. The molecule has 0 radical (unpaired) electrons. The number of fused-ring (bicyclic) bond motifs is 1. The molecule has 0 aromatic carbocycles. The Morgan fingerprint density at radius 3 is 2.50 bits per heavy atom. The van der Waals surface area contributed by atoms with Gasteiger partial charge in [-0.3, -0.25) is 9.25 Å². The lowest BCUT2D eigenvalue weighted by Gasteiger charge is -2.18. The van der Waals surface area contributed by atoms with Crippen molar-refractivity contribution in [1.82, 2.24) is 24.3 Å². The van der Waals surface area contributed by atoms with Crippen molar-refractivity contribution in [3.63, 3.8) is 0 Å². The molecule has 8 nitrogen and oxygen atoms in total. The van der Waals surface area contributed by atoms with Crippen LogP contribution in [-0.2, 0) is 5.54 Å². The van der Waals surface area contributed by atoms with E-state index < -0.39 is 0 Å². The molecule has 0 aliphatic carbocycles. The average Bonchev–Trinajstić information content (AvgIpc) is 3.32. The summed E-state index contributed by atoms with van der Waals surface area (Å²) in [4.78, 5) is 9.04. The van der Waals surface area contributed by atoms with E-state index in [1.807, 2.05) is 36.0 Å². The van der Waals surface area contributed by atoms with Gasteiger partial charge in [-0.15, -0.1) is 0 Å². The highest BCUT2D eigenvalue weighted by atomic mass is 16.5. The highest BCUT2D eigenvalue weighted by molar-refractivity contribution is 5.90. The third-order valence-corrected chi connectivity index (χ3v) is 4.98. The van der Waals surface area contributed by atoms with E-state index in [0.29, 0.717) is 28.4 Å². The molecule has 0 aliphatic heterocycles. The molecule has 0 aliphatic rings. The Kier molecular flexibility index (Phi) is 4.64. The predicted molar refractivity (Wildman–Crippen MR) is 115 cm³/mol. The standard InChI is InChI=1S/C22H25N5O3/c1-13-9-15(14-10-17(29-5)20(30-6)23-11-14)24-16-12-26(21(28)19(13)16)18-7-8-27(25-18)22(2,3)4/h7-12,28H,1-6H3. The second-order valence-corrected chi connectivity index (χ2v) is 8.13.